The highest BCUT2D eigenvalue weighted by Gasteiger charge is 2.23. The van der Waals surface area contributed by atoms with Crippen molar-refractivity contribution in [2.45, 2.75) is 18.9 Å². The van der Waals surface area contributed by atoms with Gasteiger partial charge in [0.2, 0.25) is 0 Å². The Morgan fingerprint density at radius 3 is 2.72 bits per heavy atom. The highest BCUT2D eigenvalue weighted by atomic mass is 32.2. The maximum atomic E-state index is 11.3. The predicted octanol–water partition coefficient (Wildman–Crippen LogP) is 2.12. The Morgan fingerprint density at radius 1 is 1.50 bits per heavy atom. The van der Waals surface area contributed by atoms with Crippen LogP contribution in [0.5, 0.6) is 0 Å². The van der Waals surface area contributed by atoms with Crippen molar-refractivity contribution in [1.82, 2.24) is 4.98 Å². The number of nitriles is 1. The topological polar surface area (TPSA) is 70.8 Å². The van der Waals surface area contributed by atoms with Crippen LogP contribution in [-0.4, -0.2) is 31.2 Å². The second kappa shape index (κ2) is 5.72. The molecule has 98 valence electrons. The van der Waals surface area contributed by atoms with E-state index in [0.717, 1.165) is 5.03 Å². The van der Waals surface area contributed by atoms with E-state index in [4.69, 9.17) is 5.26 Å². The van der Waals surface area contributed by atoms with Gasteiger partial charge in [0.1, 0.15) is 9.84 Å². The van der Waals surface area contributed by atoms with Crippen LogP contribution in [0.1, 0.15) is 19.4 Å². The Kier molecular flexibility index (Phi) is 4.77. The molecule has 0 fully saturated rings. The predicted molar refractivity (Wildman–Crippen MR) is 73.2 cm³/mol. The van der Waals surface area contributed by atoms with Gasteiger partial charge < -0.3 is 0 Å². The molecule has 0 saturated heterocycles. The van der Waals surface area contributed by atoms with Crippen LogP contribution in [0.25, 0.3) is 0 Å². The molecular weight excluding hydrogens is 268 g/mol. The SMILES string of the molecule is CC(C)(CSc1cc(C#N)ccn1)CS(C)(=O)=O. The molecule has 0 atom stereocenters. The Labute approximate surface area is 112 Å². The summed E-state index contributed by atoms with van der Waals surface area (Å²) in [5.41, 5.74) is 0.246. The van der Waals surface area contributed by atoms with Gasteiger partial charge in [-0.15, -0.1) is 11.8 Å². The molecule has 1 aromatic heterocycles. The number of thioether (sulfide) groups is 1. The van der Waals surface area contributed by atoms with Gasteiger partial charge in [0, 0.05) is 18.2 Å². The summed E-state index contributed by atoms with van der Waals surface area (Å²) in [6.45, 7) is 3.82. The van der Waals surface area contributed by atoms with Crippen molar-refractivity contribution in [2.75, 3.05) is 17.8 Å². The van der Waals surface area contributed by atoms with Gasteiger partial charge in [-0.25, -0.2) is 13.4 Å². The maximum absolute atomic E-state index is 11.3. The molecule has 0 aliphatic carbocycles. The van der Waals surface area contributed by atoms with E-state index in [2.05, 4.69) is 11.1 Å². The first kappa shape index (κ1) is 15.0. The van der Waals surface area contributed by atoms with Crippen LogP contribution >= 0.6 is 11.8 Å². The number of rotatable bonds is 5. The molecule has 0 aliphatic rings. The Morgan fingerprint density at radius 2 is 2.17 bits per heavy atom. The molecule has 0 amide bonds. The fourth-order valence-electron chi connectivity index (χ4n) is 1.58. The largest absolute Gasteiger partial charge is 0.250 e. The summed E-state index contributed by atoms with van der Waals surface area (Å²) in [5, 5.41) is 9.52. The molecule has 0 bridgehead atoms. The van der Waals surface area contributed by atoms with Crippen LogP contribution in [0.3, 0.4) is 0 Å². The number of sulfone groups is 1. The van der Waals surface area contributed by atoms with Gasteiger partial charge in [-0.05, 0) is 17.5 Å². The average Bonchev–Trinajstić information content (AvgIpc) is 2.24. The molecule has 0 radical (unpaired) electrons. The Balaban J connectivity index is 2.67. The number of aromatic nitrogens is 1. The maximum Gasteiger partial charge on any atom is 0.148 e. The molecule has 1 rings (SSSR count). The Hall–Kier alpha value is -1.06. The van der Waals surface area contributed by atoms with Gasteiger partial charge in [0.15, 0.2) is 0 Å². The molecule has 6 heteroatoms. The normalized spacial score (nSPS) is 12.1. The van der Waals surface area contributed by atoms with E-state index in [1.807, 2.05) is 13.8 Å². The van der Waals surface area contributed by atoms with Gasteiger partial charge in [0.05, 0.1) is 22.4 Å². The minimum Gasteiger partial charge on any atom is -0.250 e. The third-order valence-electron chi connectivity index (χ3n) is 2.13. The zero-order valence-electron chi connectivity index (χ0n) is 10.7. The molecular formula is C12H16N2O2S2. The second-order valence-electron chi connectivity index (χ2n) is 5.02. The van der Waals surface area contributed by atoms with E-state index in [1.54, 1.807) is 18.3 Å². The molecule has 1 aromatic rings. The van der Waals surface area contributed by atoms with Gasteiger partial charge in [0.25, 0.3) is 0 Å². The monoisotopic (exact) mass is 284 g/mol. The van der Waals surface area contributed by atoms with Crippen molar-refractivity contribution in [3.05, 3.63) is 23.9 Å². The first-order chi connectivity index (χ1) is 8.22. The van der Waals surface area contributed by atoms with Gasteiger partial charge in [-0.1, -0.05) is 13.8 Å². The van der Waals surface area contributed by atoms with Crippen molar-refractivity contribution in [2.24, 2.45) is 5.41 Å². The zero-order chi connectivity index (χ0) is 13.8. The van der Waals surface area contributed by atoms with Crippen molar-refractivity contribution >= 4 is 21.6 Å². The summed E-state index contributed by atoms with van der Waals surface area (Å²) in [6.07, 6.45) is 2.83. The van der Waals surface area contributed by atoms with Gasteiger partial charge >= 0.3 is 0 Å². The lowest BCUT2D eigenvalue weighted by Gasteiger charge is -2.22. The summed E-state index contributed by atoms with van der Waals surface area (Å²) in [5.74, 6) is 0.785. The first-order valence-electron chi connectivity index (χ1n) is 5.38. The lowest BCUT2D eigenvalue weighted by Crippen LogP contribution is -2.25. The van der Waals surface area contributed by atoms with Crippen molar-refractivity contribution < 1.29 is 8.42 Å². The molecule has 1 heterocycles. The fraction of sp³-hybridized carbons (Fsp3) is 0.500. The van der Waals surface area contributed by atoms with Crippen molar-refractivity contribution in [3.8, 4) is 6.07 Å². The summed E-state index contributed by atoms with van der Waals surface area (Å²) in [4.78, 5) is 4.15. The molecule has 0 saturated carbocycles. The molecule has 0 spiro atoms. The molecule has 4 nitrogen and oxygen atoms in total. The summed E-state index contributed by atoms with van der Waals surface area (Å²) < 4.78 is 22.6. The van der Waals surface area contributed by atoms with Crippen LogP contribution in [-0.2, 0) is 9.84 Å². The zero-order valence-corrected chi connectivity index (χ0v) is 12.3. The number of hydrogen-bond donors (Lipinski definition) is 0. The van der Waals surface area contributed by atoms with E-state index < -0.39 is 9.84 Å². The minimum absolute atomic E-state index is 0.144. The molecule has 0 aliphatic heterocycles. The molecule has 0 unspecified atom stereocenters. The van der Waals surface area contributed by atoms with Gasteiger partial charge in [-0.3, -0.25) is 0 Å². The minimum atomic E-state index is -2.99. The molecule has 0 aromatic carbocycles. The fourth-order valence-corrected chi connectivity index (χ4v) is 4.22. The number of pyridine rings is 1. The third-order valence-corrected chi connectivity index (χ3v) is 4.88. The average molecular weight is 284 g/mol. The van der Waals surface area contributed by atoms with Crippen LogP contribution in [0.15, 0.2) is 23.4 Å². The summed E-state index contributed by atoms with van der Waals surface area (Å²) in [6, 6.07) is 5.41. The molecule has 0 N–H and O–H groups in total. The van der Waals surface area contributed by atoms with Gasteiger partial charge in [-0.2, -0.15) is 5.26 Å². The van der Waals surface area contributed by atoms with E-state index >= 15 is 0 Å². The van der Waals surface area contributed by atoms with Crippen LogP contribution in [0, 0.1) is 16.7 Å². The summed E-state index contributed by atoms with van der Waals surface area (Å²) >= 11 is 1.47. The highest BCUT2D eigenvalue weighted by Crippen LogP contribution is 2.27. The lowest BCUT2D eigenvalue weighted by atomic mass is 10.0. The van der Waals surface area contributed by atoms with Crippen molar-refractivity contribution in [3.63, 3.8) is 0 Å². The first-order valence-corrected chi connectivity index (χ1v) is 8.43. The standard InChI is InChI=1S/C12H16N2O2S2/c1-12(2,9-18(3,15)16)8-17-11-6-10(7-13)4-5-14-11/h4-6H,8-9H2,1-3H3. The lowest BCUT2D eigenvalue weighted by molar-refractivity contribution is 0.473. The van der Waals surface area contributed by atoms with E-state index in [-0.39, 0.29) is 11.2 Å². The highest BCUT2D eigenvalue weighted by molar-refractivity contribution is 7.99. The Bertz CT molecular complexity index is 560. The smallest absolute Gasteiger partial charge is 0.148 e. The quantitative estimate of drug-likeness (QED) is 0.774. The van der Waals surface area contributed by atoms with Crippen molar-refractivity contribution in [1.29, 1.82) is 5.26 Å². The summed E-state index contributed by atoms with van der Waals surface area (Å²) in [7, 11) is -2.99. The third kappa shape index (κ3) is 5.52. The number of hydrogen-bond acceptors (Lipinski definition) is 5. The van der Waals surface area contributed by atoms with Crippen LogP contribution < -0.4 is 0 Å². The molecule has 18 heavy (non-hydrogen) atoms. The number of nitrogens with zero attached hydrogens (tertiary/aromatic N) is 2. The van der Waals surface area contributed by atoms with E-state index in [9.17, 15) is 8.42 Å². The van der Waals surface area contributed by atoms with E-state index in [0.29, 0.717) is 11.3 Å². The van der Waals surface area contributed by atoms with E-state index in [1.165, 1.54) is 18.0 Å². The van der Waals surface area contributed by atoms with Crippen LogP contribution in [0.2, 0.25) is 0 Å². The van der Waals surface area contributed by atoms with Crippen LogP contribution in [0.4, 0.5) is 0 Å². The second-order valence-corrected chi connectivity index (χ2v) is 8.15.